The summed E-state index contributed by atoms with van der Waals surface area (Å²) in [6.45, 7) is 9.09. The fourth-order valence-corrected chi connectivity index (χ4v) is 5.45. The molecule has 2 aromatic carbocycles. The molecule has 1 heterocycles. The van der Waals surface area contributed by atoms with Crippen molar-refractivity contribution in [2.75, 3.05) is 52.5 Å². The summed E-state index contributed by atoms with van der Waals surface area (Å²) in [6.07, 6.45) is 3.31. The Morgan fingerprint density at radius 1 is 1.06 bits per heavy atom. The molecule has 0 radical (unpaired) electrons. The molecule has 1 aliphatic rings. The zero-order valence-electron chi connectivity index (χ0n) is 19.7. The molecule has 184 valence electrons. The normalized spacial score (nSPS) is 14.9. The molecule has 0 aliphatic carbocycles. The van der Waals surface area contributed by atoms with Crippen LogP contribution in [0.4, 0.5) is 0 Å². The van der Waals surface area contributed by atoms with Gasteiger partial charge in [0.2, 0.25) is 5.91 Å². The van der Waals surface area contributed by atoms with Gasteiger partial charge in [0.15, 0.2) is 0 Å². The third-order valence-electron chi connectivity index (χ3n) is 5.71. The third kappa shape index (κ3) is 7.48. The SMILES string of the molecule is CC(C)c1ccccc1Sc1ccc(C=CC(=O)N2CCN(CCOCCO)CC2)c(Cl)c1Cl. The molecule has 0 saturated carbocycles. The standard InChI is InChI=1S/C26H32Cl2N2O3S/c1-19(2)21-5-3-4-6-22(21)34-23-9-7-20(25(27)26(23)28)8-10-24(32)30-13-11-29(12-14-30)15-17-33-18-16-31/h3-10,19,31H,11-18H2,1-2H3. The second kappa shape index (κ2) is 13.5. The molecule has 1 aliphatic heterocycles. The smallest absolute Gasteiger partial charge is 0.246 e. The van der Waals surface area contributed by atoms with Crippen molar-refractivity contribution in [2.45, 2.75) is 29.6 Å². The lowest BCUT2D eigenvalue weighted by Crippen LogP contribution is -2.49. The Hall–Kier alpha value is -1.54. The van der Waals surface area contributed by atoms with Crippen LogP contribution in [0.15, 0.2) is 52.3 Å². The Balaban J connectivity index is 1.58. The molecule has 0 aromatic heterocycles. The number of piperazine rings is 1. The number of hydrogen-bond donors (Lipinski definition) is 1. The highest BCUT2D eigenvalue weighted by Gasteiger charge is 2.19. The molecule has 0 unspecified atom stereocenters. The number of hydrogen-bond acceptors (Lipinski definition) is 5. The topological polar surface area (TPSA) is 53.0 Å². The summed E-state index contributed by atoms with van der Waals surface area (Å²) in [5.41, 5.74) is 1.99. The minimum atomic E-state index is -0.0346. The van der Waals surface area contributed by atoms with Gasteiger partial charge in [0.05, 0.1) is 29.9 Å². The maximum absolute atomic E-state index is 12.7. The van der Waals surface area contributed by atoms with Crippen LogP contribution >= 0.6 is 35.0 Å². The first-order valence-electron chi connectivity index (χ1n) is 11.5. The maximum Gasteiger partial charge on any atom is 0.246 e. The van der Waals surface area contributed by atoms with E-state index in [1.54, 1.807) is 23.9 Å². The van der Waals surface area contributed by atoms with Crippen molar-refractivity contribution < 1.29 is 14.6 Å². The molecule has 2 aromatic rings. The molecule has 1 fully saturated rings. The lowest BCUT2D eigenvalue weighted by Gasteiger charge is -2.34. The highest BCUT2D eigenvalue weighted by atomic mass is 35.5. The molecule has 3 rings (SSSR count). The van der Waals surface area contributed by atoms with Gasteiger partial charge in [0, 0.05) is 48.6 Å². The highest BCUT2D eigenvalue weighted by molar-refractivity contribution is 7.99. The molecule has 34 heavy (non-hydrogen) atoms. The largest absolute Gasteiger partial charge is 0.394 e. The van der Waals surface area contributed by atoms with Crippen molar-refractivity contribution in [3.05, 3.63) is 63.6 Å². The summed E-state index contributed by atoms with van der Waals surface area (Å²) in [4.78, 5) is 18.8. The van der Waals surface area contributed by atoms with Crippen LogP contribution in [0, 0.1) is 0 Å². The molecule has 0 spiro atoms. The van der Waals surface area contributed by atoms with E-state index in [2.05, 4.69) is 30.9 Å². The predicted octanol–water partition coefficient (Wildman–Crippen LogP) is 5.43. The summed E-state index contributed by atoms with van der Waals surface area (Å²) in [5, 5.41) is 9.71. The van der Waals surface area contributed by atoms with Gasteiger partial charge in [-0.2, -0.15) is 0 Å². The monoisotopic (exact) mass is 522 g/mol. The van der Waals surface area contributed by atoms with E-state index >= 15 is 0 Å². The number of aliphatic hydroxyl groups excluding tert-OH is 1. The number of rotatable bonds is 10. The van der Waals surface area contributed by atoms with Gasteiger partial charge in [-0.25, -0.2) is 0 Å². The van der Waals surface area contributed by atoms with Crippen LogP contribution in [0.25, 0.3) is 6.08 Å². The second-order valence-electron chi connectivity index (χ2n) is 8.41. The summed E-state index contributed by atoms with van der Waals surface area (Å²) in [6, 6.07) is 12.2. The van der Waals surface area contributed by atoms with Gasteiger partial charge < -0.3 is 14.7 Å². The molecule has 8 heteroatoms. The summed E-state index contributed by atoms with van der Waals surface area (Å²) < 4.78 is 5.32. The molecule has 0 atom stereocenters. The van der Waals surface area contributed by atoms with Crippen LogP contribution in [0.5, 0.6) is 0 Å². The molecule has 0 bridgehead atoms. The molecule has 1 N–H and O–H groups in total. The van der Waals surface area contributed by atoms with Crippen LogP contribution in [-0.4, -0.2) is 73.4 Å². The van der Waals surface area contributed by atoms with Crippen molar-refractivity contribution in [3.8, 4) is 0 Å². The fourth-order valence-electron chi connectivity index (χ4n) is 3.74. The number of carbonyl (C=O) groups excluding carboxylic acids is 1. The zero-order chi connectivity index (χ0) is 24.5. The molecule has 1 amide bonds. The van der Waals surface area contributed by atoms with E-state index < -0.39 is 0 Å². The van der Waals surface area contributed by atoms with Crippen LogP contribution in [0.1, 0.15) is 30.9 Å². The van der Waals surface area contributed by atoms with Crippen molar-refractivity contribution in [3.63, 3.8) is 0 Å². The van der Waals surface area contributed by atoms with Gasteiger partial charge in [-0.3, -0.25) is 9.69 Å². The lowest BCUT2D eigenvalue weighted by molar-refractivity contribution is -0.127. The minimum absolute atomic E-state index is 0.0346. The Morgan fingerprint density at radius 2 is 1.79 bits per heavy atom. The predicted molar refractivity (Wildman–Crippen MR) is 141 cm³/mol. The van der Waals surface area contributed by atoms with Crippen LogP contribution < -0.4 is 0 Å². The Morgan fingerprint density at radius 3 is 2.50 bits per heavy atom. The first-order chi connectivity index (χ1) is 16.4. The van der Waals surface area contributed by atoms with E-state index in [4.69, 9.17) is 33.0 Å². The fraction of sp³-hybridized carbons (Fsp3) is 0.423. The number of halogens is 2. The highest BCUT2D eigenvalue weighted by Crippen LogP contribution is 2.41. The quantitative estimate of drug-likeness (QED) is 0.332. The van der Waals surface area contributed by atoms with E-state index in [0.717, 1.165) is 35.0 Å². The van der Waals surface area contributed by atoms with Gasteiger partial charge >= 0.3 is 0 Å². The lowest BCUT2D eigenvalue weighted by atomic mass is 10.0. The summed E-state index contributed by atoms with van der Waals surface area (Å²) >= 11 is 14.8. The number of nitrogens with zero attached hydrogens (tertiary/aromatic N) is 2. The third-order valence-corrected chi connectivity index (χ3v) is 7.87. The van der Waals surface area contributed by atoms with Gasteiger partial charge in [0.25, 0.3) is 0 Å². The number of carbonyl (C=O) groups is 1. The van der Waals surface area contributed by atoms with E-state index in [1.807, 2.05) is 29.2 Å². The van der Waals surface area contributed by atoms with Gasteiger partial charge in [-0.05, 0) is 35.3 Å². The molecule has 1 saturated heterocycles. The van der Waals surface area contributed by atoms with Crippen molar-refractivity contribution >= 4 is 46.9 Å². The van der Waals surface area contributed by atoms with Crippen molar-refractivity contribution in [1.82, 2.24) is 9.80 Å². The molecule has 5 nitrogen and oxygen atoms in total. The van der Waals surface area contributed by atoms with Gasteiger partial charge in [0.1, 0.15) is 0 Å². The molecular weight excluding hydrogens is 491 g/mol. The maximum atomic E-state index is 12.7. The Bertz CT molecular complexity index is 992. The Kier molecular flexibility index (Phi) is 10.8. The van der Waals surface area contributed by atoms with E-state index in [9.17, 15) is 4.79 Å². The van der Waals surface area contributed by atoms with Gasteiger partial charge in [-0.15, -0.1) is 0 Å². The minimum Gasteiger partial charge on any atom is -0.394 e. The average molecular weight is 524 g/mol. The molecular formula is C26H32Cl2N2O3S. The van der Waals surface area contributed by atoms with E-state index in [1.165, 1.54) is 5.56 Å². The number of ether oxygens (including phenoxy) is 1. The van der Waals surface area contributed by atoms with E-state index in [-0.39, 0.29) is 12.5 Å². The van der Waals surface area contributed by atoms with Crippen molar-refractivity contribution in [1.29, 1.82) is 0 Å². The van der Waals surface area contributed by atoms with Gasteiger partial charge in [-0.1, -0.05) is 73.1 Å². The zero-order valence-corrected chi connectivity index (χ0v) is 22.0. The Labute approximate surface area is 216 Å². The number of benzene rings is 2. The first-order valence-corrected chi connectivity index (χ1v) is 13.1. The number of amides is 1. The van der Waals surface area contributed by atoms with Crippen molar-refractivity contribution in [2.24, 2.45) is 0 Å². The average Bonchev–Trinajstić information content (AvgIpc) is 2.84. The second-order valence-corrected chi connectivity index (χ2v) is 10.3. The van der Waals surface area contributed by atoms with E-state index in [0.29, 0.717) is 42.3 Å². The summed E-state index contributed by atoms with van der Waals surface area (Å²) in [5.74, 6) is 0.375. The first kappa shape index (κ1) is 27.1. The van der Waals surface area contributed by atoms with Crippen LogP contribution in [0.3, 0.4) is 0 Å². The van der Waals surface area contributed by atoms with Crippen LogP contribution in [0.2, 0.25) is 10.0 Å². The summed E-state index contributed by atoms with van der Waals surface area (Å²) in [7, 11) is 0. The van der Waals surface area contributed by atoms with Crippen LogP contribution in [-0.2, 0) is 9.53 Å². The number of aliphatic hydroxyl groups is 1.